The van der Waals surface area contributed by atoms with E-state index in [0.717, 1.165) is 22.2 Å². The number of halogens is 2. The number of anilines is 1. The van der Waals surface area contributed by atoms with E-state index in [2.05, 4.69) is 15.9 Å². The minimum absolute atomic E-state index is 0.00311. The first-order valence-electron chi connectivity index (χ1n) is 10.0. The van der Waals surface area contributed by atoms with Crippen molar-refractivity contribution >= 4 is 67.9 Å². The number of rotatable bonds is 7. The molecule has 0 unspecified atom stereocenters. The van der Waals surface area contributed by atoms with Gasteiger partial charge in [0.05, 0.1) is 27.1 Å². The Kier molecular flexibility index (Phi) is 7.44. The number of methoxy groups -OCH3 is 1. The minimum atomic E-state index is -0.466. The largest absolute Gasteiger partial charge is 0.493 e. The van der Waals surface area contributed by atoms with Crippen molar-refractivity contribution in [2.75, 3.05) is 12.0 Å². The average Bonchev–Trinajstić information content (AvgIpc) is 3.10. The smallest absolute Gasteiger partial charge is 0.298 e. The maximum Gasteiger partial charge on any atom is 0.298 e. The zero-order chi connectivity index (χ0) is 25.1. The SMILES string of the molecule is COc1cc(/C=C2/SC(=O)N(c3cccc(Cl)c3)C2=O)cc(Br)c1OCc1ccc([N+](=O)[O-])cc1. The summed E-state index contributed by atoms with van der Waals surface area (Å²) in [6.07, 6.45) is 1.60. The van der Waals surface area contributed by atoms with E-state index in [0.29, 0.717) is 32.2 Å². The Morgan fingerprint density at radius 2 is 1.89 bits per heavy atom. The second-order valence-electron chi connectivity index (χ2n) is 7.24. The van der Waals surface area contributed by atoms with Crippen LogP contribution in [0.25, 0.3) is 6.08 Å². The molecular weight excluding hydrogens is 560 g/mol. The Labute approximate surface area is 217 Å². The fourth-order valence-electron chi connectivity index (χ4n) is 3.29. The van der Waals surface area contributed by atoms with Gasteiger partial charge in [-0.25, -0.2) is 4.90 Å². The van der Waals surface area contributed by atoms with Crippen LogP contribution >= 0.6 is 39.3 Å². The lowest BCUT2D eigenvalue weighted by Crippen LogP contribution is -2.27. The maximum absolute atomic E-state index is 12.9. The Bertz CT molecular complexity index is 1360. The van der Waals surface area contributed by atoms with Crippen molar-refractivity contribution < 1.29 is 24.0 Å². The number of nitro groups is 1. The van der Waals surface area contributed by atoms with Crippen LogP contribution in [-0.4, -0.2) is 23.2 Å². The molecule has 0 aromatic heterocycles. The fourth-order valence-corrected chi connectivity index (χ4v) is 4.89. The third kappa shape index (κ3) is 5.50. The molecular formula is C24H16BrClN2O6S. The number of nitro benzene ring substituents is 1. The molecule has 0 N–H and O–H groups in total. The number of hydrogen-bond donors (Lipinski definition) is 0. The molecule has 178 valence electrons. The number of carbonyl (C=O) groups excluding carboxylic acids is 2. The van der Waals surface area contributed by atoms with E-state index in [9.17, 15) is 19.7 Å². The van der Waals surface area contributed by atoms with E-state index in [-0.39, 0.29) is 17.2 Å². The molecule has 8 nitrogen and oxygen atoms in total. The first-order chi connectivity index (χ1) is 16.8. The molecule has 3 aromatic carbocycles. The van der Waals surface area contributed by atoms with Gasteiger partial charge < -0.3 is 9.47 Å². The summed E-state index contributed by atoms with van der Waals surface area (Å²) in [5, 5.41) is 10.8. The molecule has 1 aliphatic rings. The van der Waals surface area contributed by atoms with Gasteiger partial charge in [0.2, 0.25) is 0 Å². The lowest BCUT2D eigenvalue weighted by atomic mass is 10.1. The summed E-state index contributed by atoms with van der Waals surface area (Å²) >= 11 is 10.3. The van der Waals surface area contributed by atoms with Crippen LogP contribution in [-0.2, 0) is 11.4 Å². The molecule has 35 heavy (non-hydrogen) atoms. The minimum Gasteiger partial charge on any atom is -0.493 e. The lowest BCUT2D eigenvalue weighted by Gasteiger charge is -2.14. The third-order valence-electron chi connectivity index (χ3n) is 4.94. The summed E-state index contributed by atoms with van der Waals surface area (Å²) in [5.74, 6) is 0.382. The zero-order valence-corrected chi connectivity index (χ0v) is 21.2. The highest BCUT2D eigenvalue weighted by Gasteiger charge is 2.36. The number of amides is 2. The molecule has 3 aromatic rings. The van der Waals surface area contributed by atoms with Gasteiger partial charge in [-0.1, -0.05) is 17.7 Å². The van der Waals surface area contributed by atoms with Crippen molar-refractivity contribution in [3.63, 3.8) is 0 Å². The average molecular weight is 576 g/mol. The normalized spacial score (nSPS) is 14.5. The van der Waals surface area contributed by atoms with E-state index in [1.165, 1.54) is 19.2 Å². The number of hydrogen-bond acceptors (Lipinski definition) is 7. The molecule has 0 saturated carbocycles. The molecule has 0 spiro atoms. The molecule has 1 saturated heterocycles. The van der Waals surface area contributed by atoms with Crippen LogP contribution in [0, 0.1) is 10.1 Å². The predicted octanol–water partition coefficient (Wildman–Crippen LogP) is 6.84. The van der Waals surface area contributed by atoms with Crippen LogP contribution in [0.3, 0.4) is 0 Å². The van der Waals surface area contributed by atoms with Gasteiger partial charge in [0.1, 0.15) is 6.61 Å². The second-order valence-corrected chi connectivity index (χ2v) is 9.53. The van der Waals surface area contributed by atoms with Gasteiger partial charge in [-0.2, -0.15) is 0 Å². The highest BCUT2D eigenvalue weighted by Crippen LogP contribution is 2.40. The van der Waals surface area contributed by atoms with E-state index in [1.54, 1.807) is 54.6 Å². The Hall–Kier alpha value is -3.34. The van der Waals surface area contributed by atoms with Crippen LogP contribution in [0.5, 0.6) is 11.5 Å². The Morgan fingerprint density at radius 3 is 2.54 bits per heavy atom. The number of ether oxygens (including phenoxy) is 2. The van der Waals surface area contributed by atoms with Crippen LogP contribution in [0.15, 0.2) is 70.0 Å². The van der Waals surface area contributed by atoms with Crippen molar-refractivity contribution in [1.82, 2.24) is 0 Å². The quantitative estimate of drug-likeness (QED) is 0.173. The number of nitrogens with zero attached hydrogens (tertiary/aromatic N) is 2. The molecule has 0 atom stereocenters. The van der Waals surface area contributed by atoms with E-state index in [4.69, 9.17) is 21.1 Å². The standard InChI is InChI=1S/C24H16BrClN2O6S/c1-33-20-10-15(9-19(25)22(20)34-13-14-5-7-17(8-6-14)28(31)32)11-21-23(29)27(24(30)35-21)18-4-2-3-16(26)12-18/h2-12H,13H2,1H3/b21-11+. The van der Waals surface area contributed by atoms with Crippen molar-refractivity contribution in [3.8, 4) is 11.5 Å². The summed E-state index contributed by atoms with van der Waals surface area (Å²) in [6, 6.07) is 16.0. The summed E-state index contributed by atoms with van der Waals surface area (Å²) < 4.78 is 11.9. The molecule has 1 aliphatic heterocycles. The summed E-state index contributed by atoms with van der Waals surface area (Å²) in [5.41, 5.74) is 1.75. The number of non-ortho nitro benzene ring substituents is 1. The number of carbonyl (C=O) groups is 2. The van der Waals surface area contributed by atoms with Crippen molar-refractivity contribution in [1.29, 1.82) is 0 Å². The van der Waals surface area contributed by atoms with Crippen LogP contribution in [0.4, 0.5) is 16.2 Å². The molecule has 1 fully saturated rings. The van der Waals surface area contributed by atoms with Crippen LogP contribution in [0.2, 0.25) is 5.02 Å². The van der Waals surface area contributed by atoms with Crippen LogP contribution < -0.4 is 14.4 Å². The molecule has 1 heterocycles. The molecule has 0 bridgehead atoms. The molecule has 2 amide bonds. The Balaban J connectivity index is 1.55. The van der Waals surface area contributed by atoms with E-state index < -0.39 is 16.1 Å². The maximum atomic E-state index is 12.9. The monoisotopic (exact) mass is 574 g/mol. The molecule has 0 aliphatic carbocycles. The highest BCUT2D eigenvalue weighted by atomic mass is 79.9. The lowest BCUT2D eigenvalue weighted by molar-refractivity contribution is -0.384. The van der Waals surface area contributed by atoms with Gasteiger partial charge >= 0.3 is 0 Å². The van der Waals surface area contributed by atoms with Crippen molar-refractivity contribution in [2.45, 2.75) is 6.61 Å². The number of imide groups is 1. The number of thioether (sulfide) groups is 1. The van der Waals surface area contributed by atoms with Crippen molar-refractivity contribution in [2.24, 2.45) is 0 Å². The summed E-state index contributed by atoms with van der Waals surface area (Å²) in [7, 11) is 1.48. The topological polar surface area (TPSA) is 99.0 Å². The molecule has 0 radical (unpaired) electrons. The van der Waals surface area contributed by atoms with E-state index in [1.807, 2.05) is 0 Å². The molecule has 4 rings (SSSR count). The molecule has 11 heteroatoms. The Morgan fingerprint density at radius 1 is 1.14 bits per heavy atom. The van der Waals surface area contributed by atoms with Gasteiger partial charge in [-0.3, -0.25) is 19.7 Å². The van der Waals surface area contributed by atoms with Gasteiger partial charge in [0.15, 0.2) is 11.5 Å². The third-order valence-corrected chi connectivity index (χ3v) is 6.63. The van der Waals surface area contributed by atoms with Crippen LogP contribution in [0.1, 0.15) is 11.1 Å². The first kappa shape index (κ1) is 24.8. The highest BCUT2D eigenvalue weighted by molar-refractivity contribution is 9.10. The van der Waals surface area contributed by atoms with E-state index >= 15 is 0 Å². The predicted molar refractivity (Wildman–Crippen MR) is 138 cm³/mol. The summed E-state index contributed by atoms with van der Waals surface area (Å²) in [6.45, 7) is 0.158. The fraction of sp³-hybridized carbons (Fsp3) is 0.0833. The summed E-state index contributed by atoms with van der Waals surface area (Å²) in [4.78, 5) is 37.1. The van der Waals surface area contributed by atoms with Gasteiger partial charge in [-0.05, 0) is 87.4 Å². The number of benzene rings is 3. The second kappa shape index (κ2) is 10.5. The zero-order valence-electron chi connectivity index (χ0n) is 18.1. The van der Waals surface area contributed by atoms with Crippen molar-refractivity contribution in [3.05, 3.63) is 96.3 Å². The first-order valence-corrected chi connectivity index (χ1v) is 12.0. The van der Waals surface area contributed by atoms with Gasteiger partial charge in [0, 0.05) is 17.2 Å². The van der Waals surface area contributed by atoms with Gasteiger partial charge in [-0.15, -0.1) is 0 Å². The van der Waals surface area contributed by atoms with Gasteiger partial charge in [0.25, 0.3) is 16.8 Å².